The van der Waals surface area contributed by atoms with Gasteiger partial charge in [0.15, 0.2) is 21.7 Å². The Bertz CT molecular complexity index is 1260. The minimum absolute atomic E-state index is 0.259. The molecule has 3 rings (SSSR count). The van der Waals surface area contributed by atoms with Crippen molar-refractivity contribution in [2.24, 2.45) is 5.16 Å². The van der Waals surface area contributed by atoms with Crippen molar-refractivity contribution in [1.29, 1.82) is 0 Å². The minimum atomic E-state index is -3.25. The van der Waals surface area contributed by atoms with E-state index in [2.05, 4.69) is 15.3 Å². The van der Waals surface area contributed by atoms with Gasteiger partial charge < -0.3 is 14.1 Å². The van der Waals surface area contributed by atoms with Crippen molar-refractivity contribution in [3.05, 3.63) is 71.8 Å². The molecule has 1 unspecified atom stereocenters. The molecule has 180 valence electrons. The van der Waals surface area contributed by atoms with E-state index >= 15 is 0 Å². The Morgan fingerprint density at radius 1 is 1.12 bits per heavy atom. The van der Waals surface area contributed by atoms with Crippen LogP contribution in [0.3, 0.4) is 0 Å². The molecule has 0 spiro atoms. The van der Waals surface area contributed by atoms with Gasteiger partial charge in [-0.3, -0.25) is 0 Å². The van der Waals surface area contributed by atoms with E-state index in [0.717, 1.165) is 11.1 Å². The maximum absolute atomic E-state index is 11.6. The molecule has 1 atom stereocenters. The van der Waals surface area contributed by atoms with Gasteiger partial charge in [0.2, 0.25) is 11.7 Å². The van der Waals surface area contributed by atoms with Crippen molar-refractivity contribution in [1.82, 2.24) is 10.1 Å². The summed E-state index contributed by atoms with van der Waals surface area (Å²) >= 11 is 0. The summed E-state index contributed by atoms with van der Waals surface area (Å²) in [6, 6.07) is 14.0. The zero-order chi connectivity index (χ0) is 24.7. The Labute approximate surface area is 200 Å². The highest BCUT2D eigenvalue weighted by atomic mass is 32.2. The van der Waals surface area contributed by atoms with Crippen molar-refractivity contribution in [3.63, 3.8) is 0 Å². The number of hydrogen-bond acceptors (Lipinski definition) is 8. The summed E-state index contributed by atoms with van der Waals surface area (Å²) in [5.41, 5.74) is 2.22. The lowest BCUT2D eigenvalue weighted by atomic mass is 10.1. The smallest absolute Gasteiger partial charge is 0.226 e. The van der Waals surface area contributed by atoms with Gasteiger partial charge in [-0.05, 0) is 68.3 Å². The number of oxime groups is 1. The van der Waals surface area contributed by atoms with E-state index in [4.69, 9.17) is 14.1 Å². The normalized spacial score (nSPS) is 13.6. The molecule has 34 heavy (non-hydrogen) atoms. The average Bonchev–Trinajstić information content (AvgIpc) is 3.33. The highest BCUT2D eigenvalue weighted by molar-refractivity contribution is 7.90. The predicted octanol–water partition coefficient (Wildman–Crippen LogP) is 5.20. The molecular formula is C25H29N3O5S. The van der Waals surface area contributed by atoms with Crippen molar-refractivity contribution < 1.29 is 22.5 Å². The van der Waals surface area contributed by atoms with Crippen LogP contribution in [0.15, 0.2) is 74.9 Å². The van der Waals surface area contributed by atoms with Gasteiger partial charge in [-0.1, -0.05) is 36.3 Å². The van der Waals surface area contributed by atoms with E-state index < -0.39 is 9.84 Å². The monoisotopic (exact) mass is 483 g/mol. The number of aryl methyl sites for hydroxylation is 1. The van der Waals surface area contributed by atoms with Gasteiger partial charge >= 0.3 is 0 Å². The topological polar surface area (TPSA) is 104 Å². The summed E-state index contributed by atoms with van der Waals surface area (Å²) in [7, 11) is -3.25. The van der Waals surface area contributed by atoms with Crippen LogP contribution in [0.1, 0.15) is 45.6 Å². The minimum Gasteiger partial charge on any atom is -0.482 e. The van der Waals surface area contributed by atoms with Gasteiger partial charge in [0, 0.05) is 18.2 Å². The number of nitrogens with zero attached hydrogens (tertiary/aromatic N) is 3. The van der Waals surface area contributed by atoms with Gasteiger partial charge in [-0.2, -0.15) is 4.98 Å². The largest absolute Gasteiger partial charge is 0.482 e. The molecule has 8 nitrogen and oxygen atoms in total. The first-order chi connectivity index (χ1) is 16.2. The van der Waals surface area contributed by atoms with E-state index in [9.17, 15) is 8.42 Å². The number of ether oxygens (including phenoxy) is 1. The quantitative estimate of drug-likeness (QED) is 0.222. The summed E-state index contributed by atoms with van der Waals surface area (Å²) in [4.78, 5) is 10.3. The Kier molecular flexibility index (Phi) is 8.22. The Balaban J connectivity index is 1.67. The summed E-state index contributed by atoms with van der Waals surface area (Å²) < 4.78 is 34.6. The molecule has 2 aromatic carbocycles. The molecule has 3 aromatic rings. The second-order valence-corrected chi connectivity index (χ2v) is 9.68. The van der Waals surface area contributed by atoms with Crippen LogP contribution in [-0.4, -0.2) is 36.6 Å². The van der Waals surface area contributed by atoms with Gasteiger partial charge in [0.25, 0.3) is 0 Å². The molecule has 0 bridgehead atoms. The molecule has 0 radical (unpaired) electrons. The second kappa shape index (κ2) is 11.1. The van der Waals surface area contributed by atoms with Crippen LogP contribution < -0.4 is 4.74 Å². The number of sulfone groups is 1. The summed E-state index contributed by atoms with van der Waals surface area (Å²) in [5.74, 6) is 2.39. The van der Waals surface area contributed by atoms with Crippen LogP contribution in [0.5, 0.6) is 5.75 Å². The van der Waals surface area contributed by atoms with Gasteiger partial charge in [0.05, 0.1) is 10.6 Å². The number of benzene rings is 2. The van der Waals surface area contributed by atoms with Gasteiger partial charge in [-0.15, -0.1) is 0 Å². The fraction of sp³-hybridized carbons (Fsp3) is 0.320. The molecule has 1 heterocycles. The third-order valence-corrected chi connectivity index (χ3v) is 6.25. The molecule has 9 heteroatoms. The van der Waals surface area contributed by atoms with Gasteiger partial charge in [0.1, 0.15) is 5.75 Å². The van der Waals surface area contributed by atoms with Crippen LogP contribution >= 0.6 is 0 Å². The lowest BCUT2D eigenvalue weighted by molar-refractivity contribution is 0.119. The summed E-state index contributed by atoms with van der Waals surface area (Å²) in [6.45, 7) is 7.61. The Morgan fingerprint density at radius 3 is 2.32 bits per heavy atom. The molecule has 0 saturated carbocycles. The highest BCUT2D eigenvalue weighted by Crippen LogP contribution is 2.23. The average molecular weight is 484 g/mol. The first-order valence-corrected chi connectivity index (χ1v) is 12.9. The SMILES string of the molecule is CC=C(O/N=C(\C)c1ccc(S(C)(=O)=O)cc1)C(CC)Oc1ccc(-c2noc(CC)n2)cc1. The van der Waals surface area contributed by atoms with E-state index in [1.807, 2.05) is 51.1 Å². The van der Waals surface area contributed by atoms with Crippen LogP contribution in [0, 0.1) is 0 Å². The fourth-order valence-corrected chi connectivity index (χ4v) is 3.75. The number of allylic oxidation sites excluding steroid dienone is 1. The lowest BCUT2D eigenvalue weighted by Gasteiger charge is -2.19. The second-order valence-electron chi connectivity index (χ2n) is 7.66. The molecule has 0 N–H and O–H groups in total. The van der Waals surface area contributed by atoms with E-state index in [0.29, 0.717) is 41.8 Å². The molecule has 0 aliphatic rings. The fourth-order valence-electron chi connectivity index (χ4n) is 3.12. The molecule has 0 fully saturated rings. The number of hydrogen-bond donors (Lipinski definition) is 0. The predicted molar refractivity (Wildman–Crippen MR) is 130 cm³/mol. The van der Waals surface area contributed by atoms with E-state index in [-0.39, 0.29) is 11.0 Å². The zero-order valence-corrected chi connectivity index (χ0v) is 20.8. The van der Waals surface area contributed by atoms with Crippen LogP contribution in [0.4, 0.5) is 0 Å². The third kappa shape index (κ3) is 6.32. The first-order valence-electron chi connectivity index (χ1n) is 11.0. The van der Waals surface area contributed by atoms with Crippen LogP contribution in [0.2, 0.25) is 0 Å². The summed E-state index contributed by atoms with van der Waals surface area (Å²) in [5, 5.41) is 8.21. The van der Waals surface area contributed by atoms with Crippen LogP contribution in [0.25, 0.3) is 11.4 Å². The molecule has 0 saturated heterocycles. The number of aromatic nitrogens is 2. The highest BCUT2D eigenvalue weighted by Gasteiger charge is 2.17. The van der Waals surface area contributed by atoms with Crippen molar-refractivity contribution in [2.75, 3.05) is 6.26 Å². The number of rotatable bonds is 10. The van der Waals surface area contributed by atoms with Crippen LogP contribution in [-0.2, 0) is 21.1 Å². The Morgan fingerprint density at radius 2 is 1.79 bits per heavy atom. The summed E-state index contributed by atoms with van der Waals surface area (Å²) in [6.07, 6.45) is 4.02. The van der Waals surface area contributed by atoms with Crippen molar-refractivity contribution in [3.8, 4) is 17.1 Å². The first kappa shape index (κ1) is 25.2. The van der Waals surface area contributed by atoms with E-state index in [1.165, 1.54) is 6.26 Å². The molecule has 0 aliphatic heterocycles. The van der Waals surface area contributed by atoms with Gasteiger partial charge in [-0.25, -0.2) is 8.42 Å². The molecule has 0 amide bonds. The van der Waals surface area contributed by atoms with Crippen molar-refractivity contribution >= 4 is 15.5 Å². The standard InChI is InChI=1S/C25H29N3O5S/c1-6-22(31-20-13-9-19(10-14-20)25-26-24(8-3)33-28-25)23(7-2)32-27-17(4)18-11-15-21(16-12-18)34(5,29)30/h7,9-16,22H,6,8H2,1-5H3/b23-7?,27-17+. The maximum atomic E-state index is 11.6. The molecule has 1 aromatic heterocycles. The third-order valence-electron chi connectivity index (χ3n) is 5.12. The molecular weight excluding hydrogens is 454 g/mol. The zero-order valence-electron chi connectivity index (χ0n) is 20.0. The Hall–Kier alpha value is -3.46. The molecule has 0 aliphatic carbocycles. The maximum Gasteiger partial charge on any atom is 0.226 e. The van der Waals surface area contributed by atoms with E-state index in [1.54, 1.807) is 31.2 Å². The lowest BCUT2D eigenvalue weighted by Crippen LogP contribution is -2.19. The van der Waals surface area contributed by atoms with Crippen molar-refractivity contribution in [2.45, 2.75) is 51.5 Å².